The largest absolute Gasteiger partial charge is 0.490 e. The summed E-state index contributed by atoms with van der Waals surface area (Å²) in [6.07, 6.45) is -0.772. The van der Waals surface area contributed by atoms with Crippen LogP contribution >= 0.6 is 12.4 Å². The molecule has 0 heterocycles. The Bertz CT molecular complexity index is 779. The number of ether oxygens (including phenoxy) is 1. The topological polar surface area (TPSA) is 140 Å². The van der Waals surface area contributed by atoms with Gasteiger partial charge in [0.1, 0.15) is 25.1 Å². The molecule has 0 aromatic heterocycles. The molecule has 1 rings (SSSR count). The molecule has 0 spiro atoms. The van der Waals surface area contributed by atoms with E-state index < -0.39 is 29.1 Å². The number of rotatable bonds is 11. The molecule has 0 saturated carbocycles. The fourth-order valence-electron chi connectivity index (χ4n) is 2.26. The molecular weight excluding hydrogens is 430 g/mol. The predicted molar refractivity (Wildman–Crippen MR) is 118 cm³/mol. The second-order valence-corrected chi connectivity index (χ2v) is 8.70. The van der Waals surface area contributed by atoms with E-state index in [-0.39, 0.29) is 41.6 Å². The average molecular weight is 462 g/mol. The highest BCUT2D eigenvalue weighted by atomic mass is 35.5. The lowest BCUT2D eigenvalue weighted by Gasteiger charge is -2.23. The number of nitrogens with zero attached hydrogens (tertiary/aromatic N) is 1. The molecule has 1 unspecified atom stereocenters. The second kappa shape index (κ2) is 11.8. The van der Waals surface area contributed by atoms with Crippen LogP contribution in [0.15, 0.2) is 18.2 Å². The number of nitrogens with one attached hydrogen (secondary N) is 2. The van der Waals surface area contributed by atoms with Crippen molar-refractivity contribution in [1.29, 1.82) is 0 Å². The highest BCUT2D eigenvalue weighted by molar-refractivity contribution is 6.00. The third-order valence-electron chi connectivity index (χ3n) is 4.06. The van der Waals surface area contributed by atoms with E-state index in [0.29, 0.717) is 12.2 Å². The molecule has 3 N–H and O–H groups in total. The predicted octanol–water partition coefficient (Wildman–Crippen LogP) is 2.61. The van der Waals surface area contributed by atoms with Gasteiger partial charge in [0.25, 0.3) is 5.09 Å². The number of carbonyl (C=O) groups is 2. The van der Waals surface area contributed by atoms with Gasteiger partial charge in [-0.3, -0.25) is 9.59 Å². The van der Waals surface area contributed by atoms with Gasteiger partial charge in [-0.2, -0.15) is 0 Å². The van der Waals surface area contributed by atoms with Gasteiger partial charge in [-0.1, -0.05) is 0 Å². The number of ketones is 1. The number of hydrogen-bond donors (Lipinski definition) is 3. The van der Waals surface area contributed by atoms with Crippen LogP contribution in [0.3, 0.4) is 0 Å². The highest BCUT2D eigenvalue weighted by Gasteiger charge is 2.29. The minimum Gasteiger partial charge on any atom is -0.490 e. The Morgan fingerprint density at radius 2 is 1.84 bits per heavy atom. The van der Waals surface area contributed by atoms with Gasteiger partial charge in [-0.25, -0.2) is 0 Å². The molecule has 1 atom stereocenters. The lowest BCUT2D eigenvalue weighted by Crippen LogP contribution is -2.42. The quantitative estimate of drug-likeness (QED) is 0.259. The van der Waals surface area contributed by atoms with Gasteiger partial charge in [0.15, 0.2) is 5.78 Å². The van der Waals surface area contributed by atoms with Crippen LogP contribution < -0.4 is 15.4 Å². The molecule has 31 heavy (non-hydrogen) atoms. The molecule has 1 amide bonds. The summed E-state index contributed by atoms with van der Waals surface area (Å²) in [4.78, 5) is 39.1. The Hall–Kier alpha value is -2.43. The summed E-state index contributed by atoms with van der Waals surface area (Å²) >= 11 is 0. The first-order valence-electron chi connectivity index (χ1n) is 9.51. The Kier molecular flexibility index (Phi) is 10.9. The lowest BCUT2D eigenvalue weighted by atomic mass is 9.93. The number of aliphatic hydroxyl groups is 1. The van der Waals surface area contributed by atoms with Gasteiger partial charge in [0, 0.05) is 17.8 Å². The first-order valence-corrected chi connectivity index (χ1v) is 9.51. The molecule has 0 aliphatic heterocycles. The molecule has 1 aromatic carbocycles. The first kappa shape index (κ1) is 28.6. The Balaban J connectivity index is 0.00000900. The zero-order valence-corrected chi connectivity index (χ0v) is 19.5. The summed E-state index contributed by atoms with van der Waals surface area (Å²) in [5, 5.41) is 25.3. The zero-order valence-electron chi connectivity index (χ0n) is 18.7. The third kappa shape index (κ3) is 10.4. The van der Waals surface area contributed by atoms with Gasteiger partial charge in [0.05, 0.1) is 11.0 Å². The van der Waals surface area contributed by atoms with Crippen molar-refractivity contribution < 1.29 is 29.4 Å². The average Bonchev–Trinajstić information content (AvgIpc) is 2.62. The maximum absolute atomic E-state index is 12.4. The van der Waals surface area contributed by atoms with E-state index in [0.717, 1.165) is 0 Å². The van der Waals surface area contributed by atoms with E-state index in [1.807, 2.05) is 20.8 Å². The second-order valence-electron chi connectivity index (χ2n) is 8.70. The Morgan fingerprint density at radius 3 is 2.35 bits per heavy atom. The lowest BCUT2D eigenvalue weighted by molar-refractivity contribution is -0.760. The van der Waals surface area contributed by atoms with Gasteiger partial charge >= 0.3 is 0 Å². The van der Waals surface area contributed by atoms with Crippen molar-refractivity contribution in [2.75, 3.05) is 25.1 Å². The maximum Gasteiger partial charge on any atom is 0.294 e. The number of hydrogen-bond acceptors (Lipinski definition) is 8. The van der Waals surface area contributed by atoms with Crippen molar-refractivity contribution >= 4 is 29.8 Å². The van der Waals surface area contributed by atoms with Crippen molar-refractivity contribution in [3.8, 4) is 5.75 Å². The summed E-state index contributed by atoms with van der Waals surface area (Å²) < 4.78 is 5.60. The highest BCUT2D eigenvalue weighted by Crippen LogP contribution is 2.26. The van der Waals surface area contributed by atoms with Gasteiger partial charge in [0.2, 0.25) is 5.91 Å². The van der Waals surface area contributed by atoms with Crippen molar-refractivity contribution in [2.24, 2.45) is 5.41 Å². The minimum atomic E-state index is -1.16. The van der Waals surface area contributed by atoms with Crippen molar-refractivity contribution in [1.82, 2.24) is 5.32 Å². The number of β-amino-alcohol motifs (C(OH)–C–C–N with tert-alkyl or cyclic N) is 1. The fraction of sp³-hybridized carbons (Fsp3) is 0.600. The number of benzene rings is 1. The summed E-state index contributed by atoms with van der Waals surface area (Å²) in [5.41, 5.74) is -0.739. The third-order valence-corrected chi connectivity index (χ3v) is 4.06. The molecule has 1 aromatic rings. The Morgan fingerprint density at radius 1 is 1.23 bits per heavy atom. The fourth-order valence-corrected chi connectivity index (χ4v) is 2.26. The molecule has 0 bridgehead atoms. The number of Topliss-reactive ketones (excluding diaryl/α,β-unsaturated/α-hetero) is 1. The number of carbonyl (C=O) groups excluding carboxylic acids is 2. The van der Waals surface area contributed by atoms with E-state index in [4.69, 9.17) is 4.74 Å². The summed E-state index contributed by atoms with van der Waals surface area (Å²) in [5.74, 6) is -0.498. The smallest absolute Gasteiger partial charge is 0.294 e. The van der Waals surface area contributed by atoms with E-state index >= 15 is 0 Å². The summed E-state index contributed by atoms with van der Waals surface area (Å²) in [6, 6.07) is 4.53. The zero-order chi connectivity index (χ0) is 23.1. The number of halogens is 1. The summed E-state index contributed by atoms with van der Waals surface area (Å²) in [6.45, 7) is 10.2. The molecule has 0 fully saturated rings. The molecule has 0 saturated heterocycles. The van der Waals surface area contributed by atoms with Crippen LogP contribution in [0.2, 0.25) is 0 Å². The molecule has 0 aliphatic carbocycles. The van der Waals surface area contributed by atoms with Crippen LogP contribution in [0.4, 0.5) is 5.69 Å². The molecule has 11 heteroatoms. The monoisotopic (exact) mass is 461 g/mol. The molecule has 10 nitrogen and oxygen atoms in total. The van der Waals surface area contributed by atoms with Crippen molar-refractivity contribution in [3.05, 3.63) is 33.9 Å². The standard InChI is InChI=1S/C20H31N3O7.ClH/c1-13(24)16-9-14(22-18(26)20(5,6)12-30-23(27)28)7-8-17(16)29-11-15(25)10-21-19(2,3)4;/h7-9,15,21,25H,10-12H2,1-6H3,(H,22,26);1H. The van der Waals surface area contributed by atoms with Crippen LogP contribution in [-0.2, 0) is 9.63 Å². The molecule has 176 valence electrons. The van der Waals surface area contributed by atoms with E-state index in [1.165, 1.54) is 32.9 Å². The SMILES string of the molecule is CC(=O)c1cc(NC(=O)C(C)(C)CO[N+](=O)[O-])ccc1OCC(O)CNC(C)(C)C.Cl. The number of aliphatic hydroxyl groups excluding tert-OH is 1. The van der Waals surface area contributed by atoms with Gasteiger partial charge in [-0.15, -0.1) is 22.5 Å². The molecule has 0 radical (unpaired) electrons. The minimum absolute atomic E-state index is 0. The normalized spacial score (nSPS) is 12.4. The number of anilines is 1. The van der Waals surface area contributed by atoms with Crippen LogP contribution in [0.1, 0.15) is 51.9 Å². The van der Waals surface area contributed by atoms with E-state index in [2.05, 4.69) is 15.5 Å². The van der Waals surface area contributed by atoms with Crippen molar-refractivity contribution in [2.45, 2.75) is 53.2 Å². The molecule has 0 aliphatic rings. The van der Waals surface area contributed by atoms with Gasteiger partial charge in [-0.05, 0) is 59.7 Å². The first-order chi connectivity index (χ1) is 13.7. The maximum atomic E-state index is 12.4. The van der Waals surface area contributed by atoms with Crippen LogP contribution in [-0.4, -0.2) is 53.3 Å². The van der Waals surface area contributed by atoms with E-state index in [9.17, 15) is 24.8 Å². The van der Waals surface area contributed by atoms with Crippen molar-refractivity contribution in [3.63, 3.8) is 0 Å². The molecular formula is C20H32ClN3O7. The summed E-state index contributed by atoms with van der Waals surface area (Å²) in [7, 11) is 0. The van der Waals surface area contributed by atoms with Crippen LogP contribution in [0.5, 0.6) is 5.75 Å². The van der Waals surface area contributed by atoms with Crippen LogP contribution in [0, 0.1) is 15.5 Å². The van der Waals surface area contributed by atoms with E-state index in [1.54, 1.807) is 6.07 Å². The van der Waals surface area contributed by atoms with Crippen LogP contribution in [0.25, 0.3) is 0 Å². The number of amides is 1. The Labute approximate surface area is 188 Å². The van der Waals surface area contributed by atoms with Gasteiger partial charge < -0.3 is 25.3 Å².